The van der Waals surface area contributed by atoms with E-state index in [1.165, 1.54) is 10.6 Å². The molecule has 2 heterocycles. The van der Waals surface area contributed by atoms with E-state index in [2.05, 4.69) is 28.4 Å². The van der Waals surface area contributed by atoms with E-state index in [9.17, 15) is 0 Å². The van der Waals surface area contributed by atoms with Crippen molar-refractivity contribution < 1.29 is 0 Å². The predicted molar refractivity (Wildman–Crippen MR) is 65.3 cm³/mol. The van der Waals surface area contributed by atoms with Crippen molar-refractivity contribution in [1.82, 2.24) is 20.1 Å². The topological polar surface area (TPSA) is 42.7 Å². The van der Waals surface area contributed by atoms with Gasteiger partial charge < -0.3 is 5.32 Å². The zero-order valence-electron chi connectivity index (χ0n) is 9.60. The smallest absolute Gasteiger partial charge is 0.0794 e. The molecule has 0 aliphatic carbocycles. The Morgan fingerprint density at radius 1 is 1.44 bits per heavy atom. The highest BCUT2D eigenvalue weighted by molar-refractivity contribution is 7.09. The highest BCUT2D eigenvalue weighted by Crippen LogP contribution is 2.06. The Bertz CT molecular complexity index is 433. The van der Waals surface area contributed by atoms with Gasteiger partial charge >= 0.3 is 0 Å². The summed E-state index contributed by atoms with van der Waals surface area (Å²) in [6, 6.07) is 2.13. The van der Waals surface area contributed by atoms with E-state index in [4.69, 9.17) is 0 Å². The summed E-state index contributed by atoms with van der Waals surface area (Å²) in [5.41, 5.74) is 4.18. The molecule has 16 heavy (non-hydrogen) atoms. The van der Waals surface area contributed by atoms with Crippen molar-refractivity contribution in [1.29, 1.82) is 0 Å². The number of nitrogens with one attached hydrogen (secondary N) is 1. The van der Waals surface area contributed by atoms with Crippen molar-refractivity contribution in [2.45, 2.75) is 33.5 Å². The van der Waals surface area contributed by atoms with Crippen LogP contribution < -0.4 is 5.32 Å². The molecule has 2 rings (SSSR count). The average Bonchev–Trinajstić information content (AvgIpc) is 2.88. The van der Waals surface area contributed by atoms with E-state index in [1.54, 1.807) is 11.3 Å². The number of aryl methyl sites for hydroxylation is 2. The molecule has 0 aromatic carbocycles. The number of hydrogen-bond donors (Lipinski definition) is 1. The Balaban J connectivity index is 1.89. The standard InChI is InChI=1S/C11H16N4S/c1-3-15-10(4-9(2)14-15)5-12-6-11-7-13-8-16-11/h4,7-8,12H,3,5-6H2,1-2H3. The fourth-order valence-electron chi connectivity index (χ4n) is 1.66. The second-order valence-corrected chi connectivity index (χ2v) is 4.64. The summed E-state index contributed by atoms with van der Waals surface area (Å²) in [5, 5.41) is 7.81. The minimum absolute atomic E-state index is 0.854. The number of hydrogen-bond acceptors (Lipinski definition) is 4. The molecule has 0 spiro atoms. The zero-order chi connectivity index (χ0) is 11.4. The molecule has 0 aliphatic heterocycles. The molecule has 0 bridgehead atoms. The molecular formula is C11H16N4S. The van der Waals surface area contributed by atoms with Crippen molar-refractivity contribution in [3.8, 4) is 0 Å². The average molecular weight is 236 g/mol. The van der Waals surface area contributed by atoms with Crippen LogP contribution in [-0.4, -0.2) is 14.8 Å². The molecule has 2 aromatic heterocycles. The van der Waals surface area contributed by atoms with E-state index >= 15 is 0 Å². The summed E-state index contributed by atoms with van der Waals surface area (Å²) in [6.45, 7) is 6.79. The number of rotatable bonds is 5. The van der Waals surface area contributed by atoms with Gasteiger partial charge in [0.1, 0.15) is 0 Å². The zero-order valence-corrected chi connectivity index (χ0v) is 10.4. The molecule has 4 nitrogen and oxygen atoms in total. The maximum absolute atomic E-state index is 4.41. The fraction of sp³-hybridized carbons (Fsp3) is 0.455. The Hall–Kier alpha value is -1.20. The van der Waals surface area contributed by atoms with Crippen LogP contribution in [0.15, 0.2) is 17.8 Å². The summed E-state index contributed by atoms with van der Waals surface area (Å²) in [6.07, 6.45) is 1.90. The molecule has 0 aliphatic rings. The first-order chi connectivity index (χ1) is 7.79. The van der Waals surface area contributed by atoms with Gasteiger partial charge in [-0.2, -0.15) is 5.10 Å². The second kappa shape index (κ2) is 5.23. The minimum Gasteiger partial charge on any atom is -0.306 e. The van der Waals surface area contributed by atoms with Crippen LogP contribution in [0.25, 0.3) is 0 Å². The van der Waals surface area contributed by atoms with Gasteiger partial charge in [-0.25, -0.2) is 0 Å². The molecule has 2 aromatic rings. The van der Waals surface area contributed by atoms with Gasteiger partial charge in [0.25, 0.3) is 0 Å². The lowest BCUT2D eigenvalue weighted by atomic mass is 10.3. The number of thiazole rings is 1. The SMILES string of the molecule is CCn1nc(C)cc1CNCc1cncs1. The van der Waals surface area contributed by atoms with E-state index in [-0.39, 0.29) is 0 Å². The Morgan fingerprint density at radius 3 is 3.00 bits per heavy atom. The molecule has 0 saturated carbocycles. The first kappa shape index (κ1) is 11.3. The van der Waals surface area contributed by atoms with Crippen LogP contribution in [-0.2, 0) is 19.6 Å². The maximum atomic E-state index is 4.41. The van der Waals surface area contributed by atoms with Crippen LogP contribution in [0.2, 0.25) is 0 Å². The Kier molecular flexibility index (Phi) is 3.69. The Morgan fingerprint density at radius 2 is 2.31 bits per heavy atom. The van der Waals surface area contributed by atoms with Crippen molar-refractivity contribution in [2.75, 3.05) is 0 Å². The molecule has 0 amide bonds. The first-order valence-corrected chi connectivity index (χ1v) is 6.29. The largest absolute Gasteiger partial charge is 0.306 e. The van der Waals surface area contributed by atoms with Gasteiger partial charge in [-0.1, -0.05) is 0 Å². The third-order valence-corrected chi connectivity index (χ3v) is 3.15. The maximum Gasteiger partial charge on any atom is 0.0794 e. The van der Waals surface area contributed by atoms with Crippen molar-refractivity contribution >= 4 is 11.3 Å². The van der Waals surface area contributed by atoms with E-state index in [0.717, 1.165) is 25.3 Å². The monoisotopic (exact) mass is 236 g/mol. The van der Waals surface area contributed by atoms with E-state index in [1.807, 2.05) is 23.3 Å². The highest BCUT2D eigenvalue weighted by Gasteiger charge is 2.03. The molecule has 0 unspecified atom stereocenters. The lowest BCUT2D eigenvalue weighted by molar-refractivity contribution is 0.580. The lowest BCUT2D eigenvalue weighted by Crippen LogP contribution is -2.15. The normalized spacial score (nSPS) is 10.9. The molecule has 1 N–H and O–H groups in total. The predicted octanol–water partition coefficient (Wildman–Crippen LogP) is 1.96. The Labute approximate surface area is 99.3 Å². The van der Waals surface area contributed by atoms with Gasteiger partial charge in [0, 0.05) is 30.7 Å². The summed E-state index contributed by atoms with van der Waals surface area (Å²) >= 11 is 1.68. The summed E-state index contributed by atoms with van der Waals surface area (Å²) in [4.78, 5) is 5.31. The first-order valence-electron chi connectivity index (χ1n) is 5.41. The number of aromatic nitrogens is 3. The quantitative estimate of drug-likeness (QED) is 0.863. The van der Waals surface area contributed by atoms with Gasteiger partial charge in [-0.05, 0) is 19.9 Å². The van der Waals surface area contributed by atoms with Crippen LogP contribution in [0, 0.1) is 6.92 Å². The van der Waals surface area contributed by atoms with Gasteiger partial charge in [0.05, 0.1) is 16.9 Å². The van der Waals surface area contributed by atoms with Crippen LogP contribution in [0.4, 0.5) is 0 Å². The molecule has 0 fully saturated rings. The van der Waals surface area contributed by atoms with Crippen molar-refractivity contribution in [3.05, 3.63) is 34.0 Å². The van der Waals surface area contributed by atoms with Gasteiger partial charge in [0.2, 0.25) is 0 Å². The molecule has 0 radical (unpaired) electrons. The second-order valence-electron chi connectivity index (χ2n) is 3.66. The van der Waals surface area contributed by atoms with Crippen LogP contribution in [0.1, 0.15) is 23.2 Å². The minimum atomic E-state index is 0.854. The third kappa shape index (κ3) is 2.68. The van der Waals surface area contributed by atoms with Crippen LogP contribution in [0.5, 0.6) is 0 Å². The van der Waals surface area contributed by atoms with Crippen LogP contribution >= 0.6 is 11.3 Å². The summed E-state index contributed by atoms with van der Waals surface area (Å²) in [7, 11) is 0. The number of nitrogens with zero attached hydrogens (tertiary/aromatic N) is 3. The van der Waals surface area contributed by atoms with Crippen molar-refractivity contribution in [3.63, 3.8) is 0 Å². The lowest BCUT2D eigenvalue weighted by Gasteiger charge is -2.05. The third-order valence-electron chi connectivity index (χ3n) is 2.37. The molecule has 0 saturated heterocycles. The van der Waals surface area contributed by atoms with E-state index in [0.29, 0.717) is 0 Å². The van der Waals surface area contributed by atoms with Gasteiger partial charge in [-0.3, -0.25) is 9.67 Å². The molecule has 0 atom stereocenters. The van der Waals surface area contributed by atoms with Crippen molar-refractivity contribution in [2.24, 2.45) is 0 Å². The molecule has 86 valence electrons. The molecule has 5 heteroatoms. The van der Waals surface area contributed by atoms with Crippen LogP contribution in [0.3, 0.4) is 0 Å². The summed E-state index contributed by atoms with van der Waals surface area (Å²) in [5.74, 6) is 0. The fourth-order valence-corrected chi connectivity index (χ4v) is 2.22. The van der Waals surface area contributed by atoms with E-state index < -0.39 is 0 Å². The van der Waals surface area contributed by atoms with Gasteiger partial charge in [0.15, 0.2) is 0 Å². The summed E-state index contributed by atoms with van der Waals surface area (Å²) < 4.78 is 2.04. The molecular weight excluding hydrogens is 220 g/mol. The van der Waals surface area contributed by atoms with Gasteiger partial charge in [-0.15, -0.1) is 11.3 Å². The highest BCUT2D eigenvalue weighted by atomic mass is 32.1.